The summed E-state index contributed by atoms with van der Waals surface area (Å²) in [6.45, 7) is 0.281. The molecule has 4 aromatic rings. The number of benzene rings is 2. The second kappa shape index (κ2) is 9.58. The number of ether oxygens (including phenoxy) is 1. The SMILES string of the molecule is CNS(=O)(=O)C(=Cc1cccc(-c2ccoc2)c1OCc1cc(Br)c2occc2c1)SC. The molecule has 4 rings (SSSR count). The molecule has 2 aromatic heterocycles. The lowest BCUT2D eigenvalue weighted by atomic mass is 10.0. The second-order valence-electron chi connectivity index (χ2n) is 6.82. The van der Waals surface area contributed by atoms with Gasteiger partial charge in [-0.15, -0.1) is 11.8 Å². The van der Waals surface area contributed by atoms with E-state index in [1.807, 2.05) is 42.5 Å². The normalized spacial score (nSPS) is 12.4. The number of nitrogens with one attached hydrogen (secondary N) is 1. The standard InChI is InChI=1S/C23H20BrNO5S2/c1-25-32(26,27)21(31-2)12-16-4-3-5-19(18-6-8-28-14-18)22(16)30-13-15-10-17-7-9-29-23(17)20(24)11-15/h3-12,14,25H,13H2,1-2H3. The van der Waals surface area contributed by atoms with Crippen LogP contribution < -0.4 is 9.46 Å². The third-order valence-corrected chi connectivity index (χ3v) is 8.29. The number of furan rings is 2. The first kappa shape index (κ1) is 22.7. The van der Waals surface area contributed by atoms with Gasteiger partial charge in [0.25, 0.3) is 0 Å². The lowest BCUT2D eigenvalue weighted by Crippen LogP contribution is -2.18. The number of sulfonamides is 1. The molecule has 1 N–H and O–H groups in total. The summed E-state index contributed by atoms with van der Waals surface area (Å²) in [5, 5.41) is 0.964. The Bertz CT molecular complexity index is 1370. The lowest BCUT2D eigenvalue weighted by molar-refractivity contribution is 0.307. The van der Waals surface area contributed by atoms with Crippen molar-refractivity contribution in [3.63, 3.8) is 0 Å². The van der Waals surface area contributed by atoms with Crippen molar-refractivity contribution in [1.29, 1.82) is 0 Å². The van der Waals surface area contributed by atoms with Crippen LogP contribution in [0, 0.1) is 0 Å². The van der Waals surface area contributed by atoms with Crippen molar-refractivity contribution in [3.05, 3.63) is 81.1 Å². The van der Waals surface area contributed by atoms with Crippen molar-refractivity contribution in [2.24, 2.45) is 0 Å². The van der Waals surface area contributed by atoms with Crippen molar-refractivity contribution in [2.45, 2.75) is 6.61 Å². The van der Waals surface area contributed by atoms with Gasteiger partial charge < -0.3 is 13.6 Å². The number of hydrogen-bond donors (Lipinski definition) is 1. The van der Waals surface area contributed by atoms with Crippen LogP contribution in [-0.4, -0.2) is 21.7 Å². The first-order chi connectivity index (χ1) is 15.4. The molecule has 0 fully saturated rings. The minimum atomic E-state index is -3.60. The van der Waals surface area contributed by atoms with Crippen LogP contribution in [0.2, 0.25) is 0 Å². The molecule has 6 nitrogen and oxygen atoms in total. The van der Waals surface area contributed by atoms with E-state index in [9.17, 15) is 8.42 Å². The van der Waals surface area contributed by atoms with Crippen LogP contribution in [0.5, 0.6) is 5.75 Å². The summed E-state index contributed by atoms with van der Waals surface area (Å²) in [5.41, 5.74) is 4.01. The van der Waals surface area contributed by atoms with E-state index >= 15 is 0 Å². The molecule has 166 valence electrons. The number of hydrogen-bond acceptors (Lipinski definition) is 6. The van der Waals surface area contributed by atoms with Crippen LogP contribution in [0.1, 0.15) is 11.1 Å². The predicted octanol–water partition coefficient (Wildman–Crippen LogP) is 6.24. The summed E-state index contributed by atoms with van der Waals surface area (Å²) in [4.78, 5) is 0. The first-order valence-corrected chi connectivity index (χ1v) is 13.1. The zero-order valence-electron chi connectivity index (χ0n) is 17.3. The third-order valence-electron chi connectivity index (χ3n) is 4.83. The molecule has 0 radical (unpaired) electrons. The third kappa shape index (κ3) is 4.66. The largest absolute Gasteiger partial charge is 0.488 e. The highest BCUT2D eigenvalue weighted by Gasteiger charge is 2.18. The number of rotatable bonds is 8. The van der Waals surface area contributed by atoms with Gasteiger partial charge in [0.1, 0.15) is 22.2 Å². The molecule has 2 heterocycles. The Morgan fingerprint density at radius 2 is 2.06 bits per heavy atom. The monoisotopic (exact) mass is 533 g/mol. The molecule has 32 heavy (non-hydrogen) atoms. The molecule has 9 heteroatoms. The lowest BCUT2D eigenvalue weighted by Gasteiger charge is -2.15. The number of halogens is 1. The van der Waals surface area contributed by atoms with Crippen molar-refractivity contribution in [1.82, 2.24) is 4.72 Å². The van der Waals surface area contributed by atoms with Crippen LogP contribution in [0.4, 0.5) is 0 Å². The number of fused-ring (bicyclic) bond motifs is 1. The van der Waals surface area contributed by atoms with E-state index in [-0.39, 0.29) is 10.8 Å². The molecule has 2 aromatic carbocycles. The van der Waals surface area contributed by atoms with Gasteiger partial charge in [-0.05, 0) is 65.1 Å². The zero-order valence-corrected chi connectivity index (χ0v) is 20.5. The van der Waals surface area contributed by atoms with E-state index in [1.165, 1.54) is 7.05 Å². The van der Waals surface area contributed by atoms with Gasteiger partial charge in [0.15, 0.2) is 0 Å². The zero-order chi connectivity index (χ0) is 22.7. The van der Waals surface area contributed by atoms with E-state index in [0.717, 1.165) is 43.9 Å². The van der Waals surface area contributed by atoms with Gasteiger partial charge >= 0.3 is 0 Å². The highest BCUT2D eigenvalue weighted by Crippen LogP contribution is 2.37. The Morgan fingerprint density at radius 1 is 1.22 bits per heavy atom. The van der Waals surface area contributed by atoms with Crippen LogP contribution in [-0.2, 0) is 16.6 Å². The summed E-state index contributed by atoms with van der Waals surface area (Å²) in [6.07, 6.45) is 8.20. The van der Waals surface area contributed by atoms with Crippen molar-refractivity contribution < 1.29 is 22.0 Å². The molecular weight excluding hydrogens is 514 g/mol. The predicted molar refractivity (Wildman–Crippen MR) is 132 cm³/mol. The van der Waals surface area contributed by atoms with Gasteiger partial charge in [-0.3, -0.25) is 0 Å². The smallest absolute Gasteiger partial charge is 0.246 e. The van der Waals surface area contributed by atoms with Crippen molar-refractivity contribution in [3.8, 4) is 16.9 Å². The van der Waals surface area contributed by atoms with Crippen LogP contribution in [0.15, 0.2) is 78.8 Å². The minimum Gasteiger partial charge on any atom is -0.488 e. The maximum atomic E-state index is 12.4. The molecule has 0 unspecified atom stereocenters. The molecule has 0 bridgehead atoms. The van der Waals surface area contributed by atoms with Crippen molar-refractivity contribution in [2.75, 3.05) is 13.3 Å². The van der Waals surface area contributed by atoms with Gasteiger partial charge in [-0.1, -0.05) is 18.2 Å². The fraction of sp³-hybridized carbons (Fsp3) is 0.130. The maximum Gasteiger partial charge on any atom is 0.246 e. The Morgan fingerprint density at radius 3 is 2.78 bits per heavy atom. The Hall–Kier alpha value is -2.46. The summed E-state index contributed by atoms with van der Waals surface area (Å²) in [5.74, 6) is 0.565. The Kier molecular flexibility index (Phi) is 6.80. The van der Waals surface area contributed by atoms with Crippen LogP contribution in [0.3, 0.4) is 0 Å². The molecule has 0 aliphatic carbocycles. The van der Waals surface area contributed by atoms with Gasteiger partial charge in [0, 0.05) is 22.1 Å². The second-order valence-corrected chi connectivity index (χ2v) is 10.6. The fourth-order valence-electron chi connectivity index (χ4n) is 3.28. The average Bonchev–Trinajstić information content (AvgIpc) is 3.48. The maximum absolute atomic E-state index is 12.4. The van der Waals surface area contributed by atoms with E-state index in [2.05, 4.69) is 20.7 Å². The van der Waals surface area contributed by atoms with E-state index in [0.29, 0.717) is 11.3 Å². The van der Waals surface area contributed by atoms with E-state index in [4.69, 9.17) is 13.6 Å². The molecule has 0 saturated heterocycles. The molecule has 0 aliphatic heterocycles. The molecule has 0 atom stereocenters. The fourth-order valence-corrected chi connectivity index (χ4v) is 5.76. The highest BCUT2D eigenvalue weighted by molar-refractivity contribution is 9.10. The average molecular weight is 534 g/mol. The first-order valence-electron chi connectivity index (χ1n) is 9.56. The van der Waals surface area contributed by atoms with Gasteiger partial charge in [-0.2, -0.15) is 0 Å². The summed E-state index contributed by atoms with van der Waals surface area (Å²) >= 11 is 4.68. The summed E-state index contributed by atoms with van der Waals surface area (Å²) in [7, 11) is -2.21. The molecule has 0 aliphatic rings. The Balaban J connectivity index is 1.77. The summed E-state index contributed by atoms with van der Waals surface area (Å²) in [6, 6.07) is 13.3. The molecule has 0 spiro atoms. The van der Waals surface area contributed by atoms with E-state index in [1.54, 1.807) is 31.1 Å². The minimum absolute atomic E-state index is 0.191. The van der Waals surface area contributed by atoms with Crippen molar-refractivity contribution >= 4 is 54.8 Å². The number of thioether (sulfide) groups is 1. The Labute approximate surface area is 198 Å². The highest BCUT2D eigenvalue weighted by atomic mass is 79.9. The van der Waals surface area contributed by atoms with E-state index < -0.39 is 10.0 Å². The molecular formula is C23H20BrNO5S2. The van der Waals surface area contributed by atoms with Gasteiger partial charge in [0.05, 0.1) is 23.3 Å². The van der Waals surface area contributed by atoms with Crippen LogP contribution >= 0.6 is 27.7 Å². The van der Waals surface area contributed by atoms with Crippen LogP contribution in [0.25, 0.3) is 28.2 Å². The van der Waals surface area contributed by atoms with Gasteiger partial charge in [-0.25, -0.2) is 13.1 Å². The molecule has 0 saturated carbocycles. The number of para-hydroxylation sites is 1. The topological polar surface area (TPSA) is 81.7 Å². The molecule has 0 amide bonds. The summed E-state index contributed by atoms with van der Waals surface area (Å²) < 4.78 is 45.2. The van der Waals surface area contributed by atoms with Gasteiger partial charge in [0.2, 0.25) is 10.0 Å². The quantitative estimate of drug-likeness (QED) is 0.288.